The summed E-state index contributed by atoms with van der Waals surface area (Å²) in [4.78, 5) is 24.4. The highest BCUT2D eigenvalue weighted by atomic mass is 16.5. The third kappa shape index (κ3) is 45.4. The highest BCUT2D eigenvalue weighted by molar-refractivity contribution is 5.76. The maximum absolute atomic E-state index is 12.4. The summed E-state index contributed by atoms with van der Waals surface area (Å²) in [5.41, 5.74) is 0. The van der Waals surface area contributed by atoms with Crippen LogP contribution in [-0.2, 0) is 14.3 Å². The number of esters is 1. The van der Waals surface area contributed by atoms with Crippen molar-refractivity contribution in [3.63, 3.8) is 0 Å². The van der Waals surface area contributed by atoms with E-state index >= 15 is 0 Å². The fourth-order valence-corrected chi connectivity index (χ4v) is 7.63. The van der Waals surface area contributed by atoms with Crippen LogP contribution in [0, 0.1) is 0 Å². The highest BCUT2D eigenvalue weighted by Crippen LogP contribution is 2.15. The topological polar surface area (TPSA) is 95.9 Å². The maximum Gasteiger partial charge on any atom is 0.305 e. The molecule has 6 heteroatoms. The predicted octanol–water partition coefficient (Wildman–Crippen LogP) is 15.3. The number of unbranched alkanes of at least 4 members (excludes halogenated alkanes) is 32. The van der Waals surface area contributed by atoms with Gasteiger partial charge < -0.3 is 20.3 Å². The second-order valence-electron chi connectivity index (χ2n) is 17.5. The Bertz CT molecular complexity index is 962. The van der Waals surface area contributed by atoms with Gasteiger partial charge >= 0.3 is 5.97 Å². The molecule has 0 saturated heterocycles. The molecule has 0 aromatic carbocycles. The van der Waals surface area contributed by atoms with E-state index in [9.17, 15) is 19.8 Å². The zero-order chi connectivity index (χ0) is 43.0. The first kappa shape index (κ1) is 57.1. The van der Waals surface area contributed by atoms with Gasteiger partial charge in [0, 0.05) is 12.8 Å². The standard InChI is InChI=1S/C53H99NO5/c1-3-5-7-9-11-13-15-17-18-19-20-21-22-23-25-26-29-33-37-41-45-51(56)50(49-55)54-52(57)46-42-38-34-30-28-32-36-40-44-48-59-53(58)47-43-39-35-31-27-24-16-14-12-10-8-6-4-2/h14,16,30,34,41,45,50-51,55-56H,3-13,15,17-29,31-33,35-40,42-44,46-49H2,1-2H3,(H,54,57)/b16-14-,34-30-,45-41+. The summed E-state index contributed by atoms with van der Waals surface area (Å²) in [5, 5.41) is 23.0. The number of amides is 1. The minimum absolute atomic E-state index is 0.0475. The van der Waals surface area contributed by atoms with Crippen molar-refractivity contribution in [3.05, 3.63) is 36.5 Å². The van der Waals surface area contributed by atoms with Gasteiger partial charge in [-0.2, -0.15) is 0 Å². The Morgan fingerprint density at radius 2 is 0.814 bits per heavy atom. The lowest BCUT2D eigenvalue weighted by atomic mass is 10.0. The van der Waals surface area contributed by atoms with Crippen LogP contribution in [-0.4, -0.2) is 47.4 Å². The van der Waals surface area contributed by atoms with Crippen molar-refractivity contribution in [3.8, 4) is 0 Å². The SMILES string of the molecule is CCCCCC/C=C\CCCCCCCC(=O)OCCCCCC/C=C\CCCC(=O)NC(CO)C(O)/C=C/CCCCCCCCCCCCCCCCCCCC. The van der Waals surface area contributed by atoms with E-state index in [-0.39, 0.29) is 18.5 Å². The largest absolute Gasteiger partial charge is 0.466 e. The lowest BCUT2D eigenvalue weighted by Crippen LogP contribution is -2.45. The fraction of sp³-hybridized carbons (Fsp3) is 0.849. The summed E-state index contributed by atoms with van der Waals surface area (Å²) in [6.45, 7) is 4.79. The molecule has 0 saturated carbocycles. The van der Waals surface area contributed by atoms with Crippen LogP contribution >= 0.6 is 0 Å². The monoisotopic (exact) mass is 830 g/mol. The molecule has 0 aromatic rings. The summed E-state index contributed by atoms with van der Waals surface area (Å²) in [6, 6.07) is -0.666. The first-order valence-corrected chi connectivity index (χ1v) is 25.8. The zero-order valence-electron chi connectivity index (χ0n) is 39.2. The van der Waals surface area contributed by atoms with Crippen LogP contribution in [0.3, 0.4) is 0 Å². The fourth-order valence-electron chi connectivity index (χ4n) is 7.63. The normalized spacial score (nSPS) is 12.9. The summed E-state index contributed by atoms with van der Waals surface area (Å²) < 4.78 is 5.42. The lowest BCUT2D eigenvalue weighted by Gasteiger charge is -2.19. The van der Waals surface area contributed by atoms with Gasteiger partial charge in [0.25, 0.3) is 0 Å². The Hall–Kier alpha value is -1.92. The molecular weight excluding hydrogens is 731 g/mol. The number of hydrogen-bond acceptors (Lipinski definition) is 5. The van der Waals surface area contributed by atoms with Gasteiger partial charge in [-0.1, -0.05) is 211 Å². The van der Waals surface area contributed by atoms with E-state index in [1.54, 1.807) is 6.08 Å². The van der Waals surface area contributed by atoms with Crippen LogP contribution in [0.1, 0.15) is 264 Å². The number of rotatable bonds is 47. The van der Waals surface area contributed by atoms with E-state index in [0.29, 0.717) is 19.4 Å². The number of carbonyl (C=O) groups excluding carboxylic acids is 2. The Morgan fingerprint density at radius 3 is 1.25 bits per heavy atom. The Balaban J connectivity index is 3.59. The number of nitrogens with one attached hydrogen (secondary N) is 1. The molecule has 3 N–H and O–H groups in total. The minimum atomic E-state index is -0.876. The molecule has 2 unspecified atom stereocenters. The Labute approximate surface area is 366 Å². The summed E-state index contributed by atoms with van der Waals surface area (Å²) >= 11 is 0. The summed E-state index contributed by atoms with van der Waals surface area (Å²) in [5.74, 6) is -0.176. The minimum Gasteiger partial charge on any atom is -0.466 e. The van der Waals surface area contributed by atoms with Crippen molar-refractivity contribution in [1.82, 2.24) is 5.32 Å². The van der Waals surface area contributed by atoms with Crippen LogP contribution in [0.5, 0.6) is 0 Å². The van der Waals surface area contributed by atoms with Gasteiger partial charge in [-0.15, -0.1) is 0 Å². The molecule has 0 spiro atoms. The molecule has 1 amide bonds. The van der Waals surface area contributed by atoms with Gasteiger partial charge in [0.05, 0.1) is 25.4 Å². The van der Waals surface area contributed by atoms with Gasteiger partial charge in [-0.25, -0.2) is 0 Å². The first-order chi connectivity index (χ1) is 29.0. The predicted molar refractivity (Wildman–Crippen MR) is 255 cm³/mol. The molecule has 6 nitrogen and oxygen atoms in total. The van der Waals surface area contributed by atoms with Crippen LogP contribution in [0.25, 0.3) is 0 Å². The smallest absolute Gasteiger partial charge is 0.305 e. The van der Waals surface area contributed by atoms with Gasteiger partial charge in [-0.05, 0) is 77.0 Å². The highest BCUT2D eigenvalue weighted by Gasteiger charge is 2.17. The molecule has 0 bridgehead atoms. The van der Waals surface area contributed by atoms with Crippen LogP contribution < -0.4 is 5.32 Å². The molecular formula is C53H99NO5. The molecule has 0 aliphatic heterocycles. The molecule has 0 aliphatic rings. The third-order valence-electron chi connectivity index (χ3n) is 11.6. The van der Waals surface area contributed by atoms with E-state index in [1.807, 2.05) is 6.08 Å². The van der Waals surface area contributed by atoms with Gasteiger partial charge in [0.2, 0.25) is 5.91 Å². The Kier molecular flexibility index (Phi) is 47.2. The number of carbonyl (C=O) groups is 2. The van der Waals surface area contributed by atoms with Crippen LogP contribution in [0.15, 0.2) is 36.5 Å². The Morgan fingerprint density at radius 1 is 0.458 bits per heavy atom. The van der Waals surface area contributed by atoms with E-state index in [1.165, 1.54) is 167 Å². The molecule has 346 valence electrons. The quantitative estimate of drug-likeness (QED) is 0.0323. The first-order valence-electron chi connectivity index (χ1n) is 25.8. The second kappa shape index (κ2) is 48.7. The number of hydrogen-bond donors (Lipinski definition) is 3. The number of ether oxygens (including phenoxy) is 1. The van der Waals surface area contributed by atoms with E-state index in [2.05, 4.69) is 43.5 Å². The number of allylic oxidation sites excluding steroid dienone is 5. The number of aliphatic hydroxyl groups excluding tert-OH is 2. The van der Waals surface area contributed by atoms with E-state index in [0.717, 1.165) is 70.6 Å². The van der Waals surface area contributed by atoms with Gasteiger partial charge in [0.15, 0.2) is 0 Å². The van der Waals surface area contributed by atoms with Gasteiger partial charge in [0.1, 0.15) is 0 Å². The third-order valence-corrected chi connectivity index (χ3v) is 11.6. The summed E-state index contributed by atoms with van der Waals surface area (Å²) in [7, 11) is 0. The van der Waals surface area contributed by atoms with Crippen molar-refractivity contribution in [2.45, 2.75) is 276 Å². The molecule has 0 aliphatic carbocycles. The molecule has 0 fully saturated rings. The number of aliphatic hydroxyl groups is 2. The summed E-state index contributed by atoms with van der Waals surface area (Å²) in [6.07, 6.45) is 58.7. The molecule has 0 heterocycles. The lowest BCUT2D eigenvalue weighted by molar-refractivity contribution is -0.143. The molecule has 0 aromatic heterocycles. The van der Waals surface area contributed by atoms with Crippen molar-refractivity contribution >= 4 is 11.9 Å². The maximum atomic E-state index is 12.4. The molecule has 0 rings (SSSR count). The van der Waals surface area contributed by atoms with Crippen molar-refractivity contribution in [1.29, 1.82) is 0 Å². The average molecular weight is 830 g/mol. The van der Waals surface area contributed by atoms with E-state index < -0.39 is 12.1 Å². The van der Waals surface area contributed by atoms with Crippen molar-refractivity contribution < 1.29 is 24.5 Å². The second-order valence-corrected chi connectivity index (χ2v) is 17.5. The van der Waals surface area contributed by atoms with Crippen molar-refractivity contribution in [2.24, 2.45) is 0 Å². The zero-order valence-corrected chi connectivity index (χ0v) is 39.2. The molecule has 59 heavy (non-hydrogen) atoms. The van der Waals surface area contributed by atoms with Gasteiger partial charge in [-0.3, -0.25) is 9.59 Å². The van der Waals surface area contributed by atoms with Crippen LogP contribution in [0.2, 0.25) is 0 Å². The van der Waals surface area contributed by atoms with E-state index in [4.69, 9.17) is 4.74 Å². The average Bonchev–Trinajstić information content (AvgIpc) is 3.24. The van der Waals surface area contributed by atoms with Crippen molar-refractivity contribution in [2.75, 3.05) is 13.2 Å². The molecule has 2 atom stereocenters. The molecule has 0 radical (unpaired) electrons. The van der Waals surface area contributed by atoms with Crippen LogP contribution in [0.4, 0.5) is 0 Å².